The smallest absolute Gasteiger partial charge is 0.239 e. The molecule has 4 nitrogen and oxygen atoms in total. The first-order valence-electron chi connectivity index (χ1n) is 7.97. The molecule has 0 fully saturated rings. The fourth-order valence-electron chi connectivity index (χ4n) is 2.51. The molecule has 0 spiro atoms. The van der Waals surface area contributed by atoms with Gasteiger partial charge < -0.3 is 15.3 Å². The molecule has 2 rings (SSSR count). The van der Waals surface area contributed by atoms with Crippen molar-refractivity contribution in [1.29, 1.82) is 0 Å². The molecule has 4 heteroatoms. The molecule has 2 aromatic rings. The first-order valence-corrected chi connectivity index (χ1v) is 7.97. The Kier molecular flexibility index (Phi) is 6.63. The molecule has 0 saturated heterocycles. The van der Waals surface area contributed by atoms with Crippen molar-refractivity contribution in [2.75, 3.05) is 18.1 Å². The summed E-state index contributed by atoms with van der Waals surface area (Å²) in [7, 11) is 0. The summed E-state index contributed by atoms with van der Waals surface area (Å²) >= 11 is 0. The molecule has 1 atom stereocenters. The maximum Gasteiger partial charge on any atom is 0.239 e. The van der Waals surface area contributed by atoms with Crippen LogP contribution in [0.15, 0.2) is 60.7 Å². The van der Waals surface area contributed by atoms with E-state index in [-0.39, 0.29) is 25.1 Å². The van der Waals surface area contributed by atoms with Crippen molar-refractivity contribution in [2.24, 2.45) is 0 Å². The number of aliphatic hydroxyl groups excluding tert-OH is 1. The molecule has 0 aliphatic carbocycles. The molecule has 0 radical (unpaired) electrons. The number of carbonyl (C=O) groups excluding carboxylic acids is 1. The van der Waals surface area contributed by atoms with E-state index in [0.29, 0.717) is 6.54 Å². The Morgan fingerprint density at radius 3 is 2.26 bits per heavy atom. The fraction of sp³-hybridized carbons (Fsp3) is 0.316. The molecule has 0 aliphatic heterocycles. The van der Waals surface area contributed by atoms with E-state index in [0.717, 1.165) is 17.7 Å². The van der Waals surface area contributed by atoms with Gasteiger partial charge in [0.25, 0.3) is 0 Å². The number of anilines is 1. The van der Waals surface area contributed by atoms with Crippen molar-refractivity contribution in [3.05, 3.63) is 66.2 Å². The third-order valence-corrected chi connectivity index (χ3v) is 3.86. The van der Waals surface area contributed by atoms with E-state index in [4.69, 9.17) is 0 Å². The number of nitrogens with one attached hydrogen (secondary N) is 1. The maximum atomic E-state index is 12.3. The number of carbonyl (C=O) groups is 1. The highest BCUT2D eigenvalue weighted by Crippen LogP contribution is 2.17. The Morgan fingerprint density at radius 1 is 1.09 bits per heavy atom. The summed E-state index contributed by atoms with van der Waals surface area (Å²) in [5.74, 6) is -0.0513. The largest absolute Gasteiger partial charge is 0.394 e. The molecule has 2 aromatic carbocycles. The van der Waals surface area contributed by atoms with Crippen LogP contribution in [-0.2, 0) is 11.3 Å². The molecule has 122 valence electrons. The number of rotatable bonds is 8. The van der Waals surface area contributed by atoms with Crippen LogP contribution in [0.1, 0.15) is 18.9 Å². The van der Waals surface area contributed by atoms with Crippen LogP contribution in [0.3, 0.4) is 0 Å². The highest BCUT2D eigenvalue weighted by atomic mass is 16.3. The van der Waals surface area contributed by atoms with E-state index >= 15 is 0 Å². The highest BCUT2D eigenvalue weighted by Gasteiger charge is 2.19. The molecule has 1 unspecified atom stereocenters. The number of hydrogen-bond acceptors (Lipinski definition) is 3. The van der Waals surface area contributed by atoms with E-state index in [1.54, 1.807) is 0 Å². The summed E-state index contributed by atoms with van der Waals surface area (Å²) in [6.07, 6.45) is 0.775. The number of hydrogen-bond donors (Lipinski definition) is 2. The third-order valence-electron chi connectivity index (χ3n) is 3.86. The van der Waals surface area contributed by atoms with Gasteiger partial charge in [0.05, 0.1) is 19.2 Å². The van der Waals surface area contributed by atoms with Gasteiger partial charge >= 0.3 is 0 Å². The topological polar surface area (TPSA) is 52.6 Å². The lowest BCUT2D eigenvalue weighted by atomic mass is 10.1. The van der Waals surface area contributed by atoms with Gasteiger partial charge in [-0.3, -0.25) is 4.79 Å². The monoisotopic (exact) mass is 312 g/mol. The van der Waals surface area contributed by atoms with Crippen molar-refractivity contribution in [3.63, 3.8) is 0 Å². The first-order chi connectivity index (χ1) is 11.2. The Balaban J connectivity index is 2.01. The molecule has 0 bridgehead atoms. The van der Waals surface area contributed by atoms with Crippen molar-refractivity contribution in [1.82, 2.24) is 5.32 Å². The standard InChI is InChI=1S/C19H24N2O2/c1-2-17(15-22)21(18-11-7-4-8-12-18)14-19(23)20-13-16-9-5-3-6-10-16/h3-12,17,22H,2,13-15H2,1H3,(H,20,23). The van der Waals surface area contributed by atoms with Crippen LogP contribution in [0, 0.1) is 0 Å². The minimum absolute atomic E-state index is 0.0252. The van der Waals surface area contributed by atoms with Gasteiger partial charge in [-0.05, 0) is 24.1 Å². The first kappa shape index (κ1) is 17.0. The molecule has 1 amide bonds. The predicted molar refractivity (Wildman–Crippen MR) is 93.2 cm³/mol. The fourth-order valence-corrected chi connectivity index (χ4v) is 2.51. The van der Waals surface area contributed by atoms with Crippen molar-refractivity contribution >= 4 is 11.6 Å². The number of para-hydroxylation sites is 1. The third kappa shape index (κ3) is 5.11. The molecule has 0 aliphatic rings. The van der Waals surface area contributed by atoms with E-state index in [1.165, 1.54) is 0 Å². The van der Waals surface area contributed by atoms with Gasteiger partial charge in [-0.15, -0.1) is 0 Å². The predicted octanol–water partition coefficient (Wildman–Crippen LogP) is 2.58. The molecular formula is C19H24N2O2. The van der Waals surface area contributed by atoms with Crippen LogP contribution in [0.4, 0.5) is 5.69 Å². The SMILES string of the molecule is CCC(CO)N(CC(=O)NCc1ccccc1)c1ccccc1. The second kappa shape index (κ2) is 8.96. The van der Waals surface area contributed by atoms with E-state index in [2.05, 4.69) is 5.32 Å². The summed E-state index contributed by atoms with van der Waals surface area (Å²) in [6, 6.07) is 19.5. The zero-order valence-electron chi connectivity index (χ0n) is 13.5. The minimum Gasteiger partial charge on any atom is -0.394 e. The molecule has 0 heterocycles. The van der Waals surface area contributed by atoms with Gasteiger partial charge in [0.2, 0.25) is 5.91 Å². The Morgan fingerprint density at radius 2 is 1.70 bits per heavy atom. The number of benzene rings is 2. The Labute approximate surface area is 137 Å². The lowest BCUT2D eigenvalue weighted by Gasteiger charge is -2.31. The van der Waals surface area contributed by atoms with Gasteiger partial charge in [-0.2, -0.15) is 0 Å². The zero-order chi connectivity index (χ0) is 16.5. The number of amides is 1. The van der Waals surface area contributed by atoms with Gasteiger partial charge in [0.1, 0.15) is 0 Å². The summed E-state index contributed by atoms with van der Waals surface area (Å²) in [5.41, 5.74) is 2.02. The average Bonchev–Trinajstić information content (AvgIpc) is 2.62. The zero-order valence-corrected chi connectivity index (χ0v) is 13.5. The van der Waals surface area contributed by atoms with E-state index in [9.17, 15) is 9.90 Å². The number of aliphatic hydroxyl groups is 1. The average molecular weight is 312 g/mol. The molecule has 0 saturated carbocycles. The second-order valence-electron chi connectivity index (χ2n) is 5.47. The summed E-state index contributed by atoms with van der Waals surface area (Å²) in [5, 5.41) is 12.5. The van der Waals surface area contributed by atoms with Crippen LogP contribution in [0.25, 0.3) is 0 Å². The normalized spacial score (nSPS) is 11.7. The molecule has 23 heavy (non-hydrogen) atoms. The van der Waals surface area contributed by atoms with Crippen molar-refractivity contribution < 1.29 is 9.90 Å². The summed E-state index contributed by atoms with van der Waals surface area (Å²) < 4.78 is 0. The van der Waals surface area contributed by atoms with Crippen LogP contribution >= 0.6 is 0 Å². The van der Waals surface area contributed by atoms with E-state index in [1.807, 2.05) is 72.5 Å². The van der Waals surface area contributed by atoms with Gasteiger partial charge in [0.15, 0.2) is 0 Å². The van der Waals surface area contributed by atoms with E-state index < -0.39 is 0 Å². The minimum atomic E-state index is -0.0696. The maximum absolute atomic E-state index is 12.3. The van der Waals surface area contributed by atoms with Gasteiger partial charge in [-0.1, -0.05) is 55.5 Å². The summed E-state index contributed by atoms with van der Waals surface area (Å²) in [6.45, 7) is 2.78. The second-order valence-corrected chi connectivity index (χ2v) is 5.47. The summed E-state index contributed by atoms with van der Waals surface area (Å²) in [4.78, 5) is 14.3. The van der Waals surface area contributed by atoms with Crippen LogP contribution < -0.4 is 10.2 Å². The van der Waals surface area contributed by atoms with Crippen LogP contribution in [0.5, 0.6) is 0 Å². The number of nitrogens with zero attached hydrogens (tertiary/aromatic N) is 1. The van der Waals surface area contributed by atoms with Crippen LogP contribution in [-0.4, -0.2) is 30.2 Å². The van der Waals surface area contributed by atoms with Crippen molar-refractivity contribution in [2.45, 2.75) is 25.9 Å². The molecule has 2 N–H and O–H groups in total. The Bertz CT molecular complexity index is 583. The van der Waals surface area contributed by atoms with Crippen molar-refractivity contribution in [3.8, 4) is 0 Å². The lowest BCUT2D eigenvalue weighted by Crippen LogP contribution is -2.44. The van der Waals surface area contributed by atoms with Gasteiger partial charge in [0, 0.05) is 12.2 Å². The quantitative estimate of drug-likeness (QED) is 0.788. The van der Waals surface area contributed by atoms with Crippen LogP contribution in [0.2, 0.25) is 0 Å². The lowest BCUT2D eigenvalue weighted by molar-refractivity contribution is -0.120. The molecular weight excluding hydrogens is 288 g/mol. The Hall–Kier alpha value is -2.33. The highest BCUT2D eigenvalue weighted by molar-refractivity contribution is 5.81. The van der Waals surface area contributed by atoms with Gasteiger partial charge in [-0.25, -0.2) is 0 Å². The molecule has 0 aromatic heterocycles.